The second-order valence-corrected chi connectivity index (χ2v) is 5.23. The first kappa shape index (κ1) is 13.3. The van der Waals surface area contributed by atoms with Crippen molar-refractivity contribution in [3.63, 3.8) is 0 Å². The first-order chi connectivity index (χ1) is 9.54. The van der Waals surface area contributed by atoms with Crippen molar-refractivity contribution in [2.24, 2.45) is 5.73 Å². The summed E-state index contributed by atoms with van der Waals surface area (Å²) in [6, 6.07) is 8.28. The minimum atomic E-state index is -0.545. The van der Waals surface area contributed by atoms with E-state index >= 15 is 0 Å². The second kappa shape index (κ2) is 5.04. The highest BCUT2D eigenvalue weighted by Gasteiger charge is 2.29. The molecule has 1 aliphatic rings. The molecule has 0 saturated heterocycles. The van der Waals surface area contributed by atoms with E-state index in [1.165, 1.54) is 18.2 Å². The summed E-state index contributed by atoms with van der Waals surface area (Å²) in [4.78, 5) is 0. The number of nitrogens with two attached hydrogens (primary N) is 1. The first-order valence-corrected chi connectivity index (χ1v) is 6.59. The van der Waals surface area contributed by atoms with E-state index in [4.69, 9.17) is 22.1 Å². The van der Waals surface area contributed by atoms with Crippen LogP contribution in [0.25, 0.3) is 0 Å². The van der Waals surface area contributed by atoms with Crippen molar-refractivity contribution >= 4 is 11.6 Å². The van der Waals surface area contributed by atoms with E-state index in [1.807, 2.05) is 0 Å². The molecule has 0 radical (unpaired) electrons. The Kier molecular flexibility index (Phi) is 3.36. The predicted octanol–water partition coefficient (Wildman–Crippen LogP) is 4.14. The van der Waals surface area contributed by atoms with Crippen LogP contribution in [-0.2, 0) is 0 Å². The molecule has 2 atom stereocenters. The largest absolute Gasteiger partial charge is 0.485 e. The van der Waals surface area contributed by atoms with E-state index in [1.54, 1.807) is 18.2 Å². The molecule has 1 unspecified atom stereocenters. The Morgan fingerprint density at radius 2 is 1.85 bits per heavy atom. The van der Waals surface area contributed by atoms with Gasteiger partial charge < -0.3 is 10.5 Å². The monoisotopic (exact) mass is 295 g/mol. The summed E-state index contributed by atoms with van der Waals surface area (Å²) < 4.78 is 32.9. The van der Waals surface area contributed by atoms with E-state index in [9.17, 15) is 8.78 Å². The van der Waals surface area contributed by atoms with Crippen molar-refractivity contribution in [3.05, 3.63) is 64.2 Å². The van der Waals surface area contributed by atoms with Crippen LogP contribution in [0.4, 0.5) is 8.78 Å². The van der Waals surface area contributed by atoms with E-state index < -0.39 is 17.7 Å². The van der Waals surface area contributed by atoms with Crippen LogP contribution in [0.1, 0.15) is 29.7 Å². The molecule has 2 aromatic carbocycles. The summed E-state index contributed by atoms with van der Waals surface area (Å²) in [5, 5.41) is 0.317. The van der Waals surface area contributed by atoms with Gasteiger partial charge in [-0.3, -0.25) is 0 Å². The van der Waals surface area contributed by atoms with Crippen molar-refractivity contribution in [1.82, 2.24) is 0 Å². The van der Waals surface area contributed by atoms with Gasteiger partial charge in [-0.1, -0.05) is 23.7 Å². The topological polar surface area (TPSA) is 35.2 Å². The number of ether oxygens (including phenoxy) is 1. The lowest BCUT2D eigenvalue weighted by Gasteiger charge is -2.30. The molecule has 0 aliphatic carbocycles. The van der Waals surface area contributed by atoms with Crippen molar-refractivity contribution in [1.29, 1.82) is 0 Å². The molecule has 104 valence electrons. The third-order valence-corrected chi connectivity index (χ3v) is 3.66. The van der Waals surface area contributed by atoms with Crippen LogP contribution in [0.3, 0.4) is 0 Å². The zero-order chi connectivity index (χ0) is 14.3. The van der Waals surface area contributed by atoms with E-state index in [0.717, 1.165) is 5.56 Å². The molecule has 0 aromatic heterocycles. The molecule has 0 fully saturated rings. The van der Waals surface area contributed by atoms with Crippen molar-refractivity contribution in [3.8, 4) is 5.75 Å². The Bertz CT molecular complexity index is 662. The maximum Gasteiger partial charge on any atom is 0.131 e. The Labute approximate surface area is 120 Å². The van der Waals surface area contributed by atoms with Crippen LogP contribution >= 0.6 is 11.6 Å². The highest BCUT2D eigenvalue weighted by molar-refractivity contribution is 6.30. The van der Waals surface area contributed by atoms with Crippen molar-refractivity contribution in [2.75, 3.05) is 0 Å². The van der Waals surface area contributed by atoms with Gasteiger partial charge in [0.15, 0.2) is 0 Å². The second-order valence-electron chi connectivity index (χ2n) is 4.80. The molecular weight excluding hydrogens is 284 g/mol. The average molecular weight is 296 g/mol. The van der Waals surface area contributed by atoms with Gasteiger partial charge in [-0.25, -0.2) is 8.78 Å². The van der Waals surface area contributed by atoms with Gasteiger partial charge in [0.1, 0.15) is 23.5 Å². The van der Waals surface area contributed by atoms with Gasteiger partial charge in [-0.05, 0) is 18.2 Å². The van der Waals surface area contributed by atoms with Gasteiger partial charge in [-0.15, -0.1) is 0 Å². The molecule has 0 spiro atoms. The van der Waals surface area contributed by atoms with Crippen LogP contribution < -0.4 is 10.5 Å². The summed E-state index contributed by atoms with van der Waals surface area (Å²) in [6.07, 6.45) is -0.117. The molecule has 1 heterocycles. The molecule has 2 N–H and O–H groups in total. The van der Waals surface area contributed by atoms with Gasteiger partial charge in [0, 0.05) is 34.7 Å². The third-order valence-electron chi connectivity index (χ3n) is 3.42. The summed E-state index contributed by atoms with van der Waals surface area (Å²) in [6.45, 7) is 0. The van der Waals surface area contributed by atoms with Gasteiger partial charge in [0.25, 0.3) is 0 Å². The molecule has 0 bridgehead atoms. The minimum absolute atomic E-state index is 0.317. The molecule has 3 rings (SSSR count). The zero-order valence-corrected chi connectivity index (χ0v) is 11.2. The van der Waals surface area contributed by atoms with Crippen LogP contribution in [0.5, 0.6) is 5.75 Å². The van der Waals surface area contributed by atoms with Crippen LogP contribution in [0, 0.1) is 11.6 Å². The van der Waals surface area contributed by atoms with Gasteiger partial charge in [0.05, 0.1) is 0 Å². The molecular formula is C15H12ClF2NO. The molecule has 0 amide bonds. The smallest absolute Gasteiger partial charge is 0.131 e. The summed E-state index contributed by atoms with van der Waals surface area (Å²) >= 11 is 5.73. The van der Waals surface area contributed by atoms with E-state index in [2.05, 4.69) is 0 Å². The molecule has 20 heavy (non-hydrogen) atoms. The fourth-order valence-electron chi connectivity index (χ4n) is 2.43. The van der Waals surface area contributed by atoms with Crippen molar-refractivity contribution < 1.29 is 13.5 Å². The van der Waals surface area contributed by atoms with Gasteiger partial charge in [0.2, 0.25) is 0 Å². The minimum Gasteiger partial charge on any atom is -0.485 e. The molecule has 0 saturated carbocycles. The lowest BCUT2D eigenvalue weighted by Crippen LogP contribution is -2.24. The Balaban J connectivity index is 1.98. The van der Waals surface area contributed by atoms with Gasteiger partial charge in [-0.2, -0.15) is 0 Å². The number of rotatable bonds is 1. The number of benzene rings is 2. The zero-order valence-electron chi connectivity index (χ0n) is 10.4. The molecule has 2 nitrogen and oxygen atoms in total. The van der Waals surface area contributed by atoms with E-state index in [-0.39, 0.29) is 6.04 Å². The Morgan fingerprint density at radius 1 is 1.10 bits per heavy atom. The van der Waals surface area contributed by atoms with Crippen LogP contribution in [0.2, 0.25) is 5.02 Å². The summed E-state index contributed by atoms with van der Waals surface area (Å²) in [5.74, 6) is -0.495. The highest BCUT2D eigenvalue weighted by Crippen LogP contribution is 2.40. The predicted molar refractivity (Wildman–Crippen MR) is 72.7 cm³/mol. The molecule has 1 aliphatic heterocycles. The quantitative estimate of drug-likeness (QED) is 0.858. The van der Waals surface area contributed by atoms with Crippen LogP contribution in [0.15, 0.2) is 36.4 Å². The third kappa shape index (κ3) is 2.37. The van der Waals surface area contributed by atoms with E-state index in [0.29, 0.717) is 22.8 Å². The average Bonchev–Trinajstić information content (AvgIpc) is 2.37. The van der Waals surface area contributed by atoms with Crippen LogP contribution in [-0.4, -0.2) is 0 Å². The number of halogens is 3. The highest BCUT2D eigenvalue weighted by atomic mass is 35.5. The summed E-state index contributed by atoms with van der Waals surface area (Å²) in [5.41, 5.74) is 7.16. The van der Waals surface area contributed by atoms with Crippen molar-refractivity contribution in [2.45, 2.75) is 18.6 Å². The normalized spacial score (nSPS) is 21.2. The number of fused-ring (bicyclic) bond motifs is 1. The number of hydrogen-bond acceptors (Lipinski definition) is 2. The molecule has 2 aromatic rings. The first-order valence-electron chi connectivity index (χ1n) is 6.21. The fourth-order valence-corrected chi connectivity index (χ4v) is 2.59. The Hall–Kier alpha value is -1.65. The number of hydrogen-bond donors (Lipinski definition) is 1. The fraction of sp³-hybridized carbons (Fsp3) is 0.200. The molecule has 5 heteroatoms. The van der Waals surface area contributed by atoms with Gasteiger partial charge >= 0.3 is 0 Å². The lowest BCUT2D eigenvalue weighted by molar-refractivity contribution is 0.156. The lowest BCUT2D eigenvalue weighted by atomic mass is 9.93. The SMILES string of the molecule is N[C@@H]1CC(c2ccc(Cl)cc2F)Oc2cc(F)ccc21. The Morgan fingerprint density at radius 3 is 2.60 bits per heavy atom. The summed E-state index contributed by atoms with van der Waals surface area (Å²) in [7, 11) is 0. The standard InChI is InChI=1S/C15H12ClF2NO/c16-8-1-3-10(12(18)5-8)15-7-13(19)11-4-2-9(17)6-14(11)20-15/h1-6,13,15H,7,19H2/t13-,15?/m1/s1. The maximum absolute atomic E-state index is 13.9. The maximum atomic E-state index is 13.9.